The molecule has 25 heavy (non-hydrogen) atoms. The molecule has 0 atom stereocenters. The van der Waals surface area contributed by atoms with Gasteiger partial charge in [0.05, 0.1) is 23.7 Å². The van der Waals surface area contributed by atoms with Crippen molar-refractivity contribution in [1.29, 1.82) is 0 Å². The van der Waals surface area contributed by atoms with Crippen LogP contribution in [0.2, 0.25) is 0 Å². The molecular weight excluding hydrogens is 322 g/mol. The molecule has 0 unspecified atom stereocenters. The van der Waals surface area contributed by atoms with E-state index in [4.69, 9.17) is 4.74 Å². The van der Waals surface area contributed by atoms with Gasteiger partial charge in [0.1, 0.15) is 11.5 Å². The molecule has 0 saturated heterocycles. The van der Waals surface area contributed by atoms with Gasteiger partial charge in [-0.15, -0.1) is 0 Å². The van der Waals surface area contributed by atoms with Crippen molar-refractivity contribution in [2.45, 2.75) is 19.6 Å². The lowest BCUT2D eigenvalue weighted by Crippen LogP contribution is -2.36. The number of nitrogens with zero attached hydrogens (tertiary/aromatic N) is 3. The Bertz CT molecular complexity index is 1060. The quantitative estimate of drug-likeness (QED) is 0.780. The lowest BCUT2D eigenvalue weighted by molar-refractivity contribution is 0.00398. The number of rotatable bonds is 3. The molecule has 0 radical (unpaired) electrons. The maximum atomic E-state index is 12.8. The molecule has 2 aromatic heterocycles. The summed E-state index contributed by atoms with van der Waals surface area (Å²) in [5.41, 5.74) is -0.287. The number of hydrogen-bond donors (Lipinski definition) is 1. The van der Waals surface area contributed by atoms with Crippen LogP contribution in [-0.4, -0.2) is 25.9 Å². The van der Waals surface area contributed by atoms with Gasteiger partial charge in [0, 0.05) is 20.3 Å². The summed E-state index contributed by atoms with van der Waals surface area (Å²) in [6.45, 7) is 3.25. The predicted molar refractivity (Wildman–Crippen MR) is 95.9 cm³/mol. The Kier molecular flexibility index (Phi) is 3.84. The van der Waals surface area contributed by atoms with Crippen LogP contribution in [-0.2, 0) is 19.8 Å². The molecule has 2 heterocycles. The molecule has 1 aromatic carbocycles. The van der Waals surface area contributed by atoms with Crippen LogP contribution >= 0.6 is 0 Å². The van der Waals surface area contributed by atoms with Gasteiger partial charge in [-0.25, -0.2) is 4.79 Å². The van der Waals surface area contributed by atoms with E-state index in [1.807, 2.05) is 12.1 Å². The minimum Gasteiger partial charge on any atom is -0.497 e. The molecule has 0 amide bonds. The van der Waals surface area contributed by atoms with Crippen LogP contribution < -0.4 is 16.0 Å². The normalized spacial score (nSPS) is 11.9. The van der Waals surface area contributed by atoms with Crippen LogP contribution in [0, 0.1) is 0 Å². The van der Waals surface area contributed by atoms with Gasteiger partial charge in [-0.2, -0.15) is 0 Å². The first kappa shape index (κ1) is 17.0. The van der Waals surface area contributed by atoms with Crippen LogP contribution in [0.25, 0.3) is 22.2 Å². The first-order chi connectivity index (χ1) is 11.7. The van der Waals surface area contributed by atoms with Crippen LogP contribution in [0.5, 0.6) is 5.75 Å². The first-order valence-corrected chi connectivity index (χ1v) is 7.85. The van der Waals surface area contributed by atoms with Crippen LogP contribution in [0.3, 0.4) is 0 Å². The Balaban J connectivity index is 2.50. The molecule has 0 fully saturated rings. The molecule has 3 rings (SSSR count). The second-order valence-corrected chi connectivity index (χ2v) is 6.54. The van der Waals surface area contributed by atoms with Crippen molar-refractivity contribution in [2.24, 2.45) is 14.1 Å². The summed E-state index contributed by atoms with van der Waals surface area (Å²) in [5, 5.41) is 11.0. The fourth-order valence-corrected chi connectivity index (χ4v) is 3.00. The van der Waals surface area contributed by atoms with Gasteiger partial charge < -0.3 is 14.4 Å². The molecule has 132 valence electrons. The summed E-state index contributed by atoms with van der Waals surface area (Å²) in [4.78, 5) is 25.0. The van der Waals surface area contributed by atoms with Gasteiger partial charge in [-0.3, -0.25) is 13.9 Å². The van der Waals surface area contributed by atoms with E-state index in [1.165, 1.54) is 11.6 Å². The number of aliphatic hydroxyl groups is 1. The molecular formula is C18H21N3O4. The van der Waals surface area contributed by atoms with E-state index in [-0.39, 0.29) is 0 Å². The molecule has 0 spiro atoms. The fourth-order valence-electron chi connectivity index (χ4n) is 3.00. The maximum absolute atomic E-state index is 12.8. The third-order valence-corrected chi connectivity index (χ3v) is 4.39. The topological polar surface area (TPSA) is 78.4 Å². The lowest BCUT2D eigenvalue weighted by Gasteiger charge is -2.23. The zero-order valence-electron chi connectivity index (χ0n) is 14.9. The summed E-state index contributed by atoms with van der Waals surface area (Å²) >= 11 is 0. The fraction of sp³-hybridized carbons (Fsp3) is 0.333. The Morgan fingerprint density at radius 2 is 1.64 bits per heavy atom. The predicted octanol–water partition coefficient (Wildman–Crippen LogP) is 1.40. The van der Waals surface area contributed by atoms with Gasteiger partial charge in [0.2, 0.25) is 0 Å². The highest BCUT2D eigenvalue weighted by molar-refractivity contribution is 5.93. The molecule has 0 aliphatic heterocycles. The number of hydrogen-bond acceptors (Lipinski definition) is 4. The molecule has 0 aliphatic carbocycles. The van der Waals surface area contributed by atoms with E-state index < -0.39 is 17.0 Å². The zero-order valence-corrected chi connectivity index (χ0v) is 14.9. The van der Waals surface area contributed by atoms with E-state index in [0.29, 0.717) is 22.3 Å². The van der Waals surface area contributed by atoms with E-state index >= 15 is 0 Å². The van der Waals surface area contributed by atoms with Crippen molar-refractivity contribution < 1.29 is 9.84 Å². The second-order valence-electron chi connectivity index (χ2n) is 6.54. The highest BCUT2D eigenvalue weighted by Gasteiger charge is 2.26. The number of benzene rings is 1. The van der Waals surface area contributed by atoms with Gasteiger partial charge in [0.15, 0.2) is 0 Å². The van der Waals surface area contributed by atoms with Crippen LogP contribution in [0.15, 0.2) is 40.1 Å². The number of aryl methyl sites for hydroxylation is 1. The molecule has 7 heteroatoms. The number of fused-ring (bicyclic) bond motifs is 1. The Morgan fingerprint density at radius 1 is 1.04 bits per heavy atom. The molecule has 0 saturated carbocycles. The van der Waals surface area contributed by atoms with Crippen molar-refractivity contribution >= 4 is 10.9 Å². The van der Waals surface area contributed by atoms with E-state index in [9.17, 15) is 14.7 Å². The Morgan fingerprint density at radius 3 is 2.16 bits per heavy atom. The van der Waals surface area contributed by atoms with Gasteiger partial charge in [-0.05, 0) is 43.7 Å². The standard InChI is InChI=1S/C18H21N3O4/c1-18(2,24)21-10-13-14(16(22)20(4)17(23)19(13)3)15(21)11-6-8-12(25-5)9-7-11/h6-10,24H,1-5H3. The number of methoxy groups -OCH3 is 1. The van der Waals surface area contributed by atoms with Crippen molar-refractivity contribution in [2.75, 3.05) is 7.11 Å². The minimum absolute atomic E-state index is 0.386. The molecule has 7 nitrogen and oxygen atoms in total. The molecule has 0 bridgehead atoms. The highest BCUT2D eigenvalue weighted by atomic mass is 16.5. The van der Waals surface area contributed by atoms with Gasteiger partial charge >= 0.3 is 5.69 Å². The monoisotopic (exact) mass is 343 g/mol. The summed E-state index contributed by atoms with van der Waals surface area (Å²) < 4.78 is 9.28. The van der Waals surface area contributed by atoms with Crippen molar-refractivity contribution in [3.8, 4) is 17.0 Å². The van der Waals surface area contributed by atoms with Crippen molar-refractivity contribution in [3.05, 3.63) is 51.3 Å². The van der Waals surface area contributed by atoms with Gasteiger partial charge in [-0.1, -0.05) is 0 Å². The first-order valence-electron chi connectivity index (χ1n) is 7.85. The summed E-state index contributed by atoms with van der Waals surface area (Å²) in [5.74, 6) is 0.690. The second kappa shape index (κ2) is 5.63. The Hall–Kier alpha value is -2.80. The number of ether oxygens (including phenoxy) is 1. The van der Waals surface area contributed by atoms with E-state index in [0.717, 1.165) is 10.1 Å². The number of aromatic nitrogens is 3. The molecule has 3 aromatic rings. The average molecular weight is 343 g/mol. The van der Waals surface area contributed by atoms with Crippen LogP contribution in [0.4, 0.5) is 0 Å². The minimum atomic E-state index is -1.25. The third-order valence-electron chi connectivity index (χ3n) is 4.39. The maximum Gasteiger partial charge on any atom is 0.330 e. The summed E-state index contributed by atoms with van der Waals surface area (Å²) in [6.07, 6.45) is 1.64. The van der Waals surface area contributed by atoms with E-state index in [1.54, 1.807) is 50.9 Å². The zero-order chi connectivity index (χ0) is 18.5. The highest BCUT2D eigenvalue weighted by Crippen LogP contribution is 2.32. The lowest BCUT2D eigenvalue weighted by atomic mass is 10.1. The van der Waals surface area contributed by atoms with Crippen LogP contribution in [0.1, 0.15) is 13.8 Å². The molecule has 1 N–H and O–H groups in total. The van der Waals surface area contributed by atoms with E-state index in [2.05, 4.69) is 0 Å². The Labute approximate surface area is 144 Å². The van der Waals surface area contributed by atoms with Gasteiger partial charge in [0.25, 0.3) is 5.56 Å². The smallest absolute Gasteiger partial charge is 0.330 e. The SMILES string of the molecule is COc1ccc(-c2c3c(=O)n(C)c(=O)n(C)c3cn2C(C)(C)O)cc1. The van der Waals surface area contributed by atoms with Crippen molar-refractivity contribution in [1.82, 2.24) is 13.7 Å². The summed E-state index contributed by atoms with van der Waals surface area (Å²) in [7, 11) is 4.63. The molecule has 0 aliphatic rings. The third kappa shape index (κ3) is 2.56. The van der Waals surface area contributed by atoms with Crippen molar-refractivity contribution in [3.63, 3.8) is 0 Å². The average Bonchev–Trinajstić information content (AvgIpc) is 2.99. The summed E-state index contributed by atoms with van der Waals surface area (Å²) in [6, 6.07) is 7.21. The largest absolute Gasteiger partial charge is 0.497 e.